The van der Waals surface area contributed by atoms with E-state index in [1.165, 1.54) is 0 Å². The number of carboxylic acid groups (broad SMARTS) is 1. The largest absolute Gasteiger partial charge is 0.465 e. The quantitative estimate of drug-likeness (QED) is 0.650. The second-order valence-electron chi connectivity index (χ2n) is 4.72. The van der Waals surface area contributed by atoms with Crippen LogP contribution in [-0.2, 0) is 0 Å². The summed E-state index contributed by atoms with van der Waals surface area (Å²) in [6, 6.07) is 2.44. The van der Waals surface area contributed by atoms with Gasteiger partial charge in [0.25, 0.3) is 5.69 Å². The normalized spacial score (nSPS) is 21.1. The first-order chi connectivity index (χ1) is 9.43. The minimum absolute atomic E-state index is 0.0166. The Morgan fingerprint density at radius 2 is 2.15 bits per heavy atom. The highest BCUT2D eigenvalue weighted by atomic mass is 19.1. The molecule has 0 heterocycles. The fraction of sp³-hybridized carbons (Fsp3) is 0.417. The van der Waals surface area contributed by atoms with Gasteiger partial charge in [0.05, 0.1) is 16.7 Å². The molecule has 0 unspecified atom stereocenters. The maximum atomic E-state index is 13.9. The highest BCUT2D eigenvalue weighted by Crippen LogP contribution is 2.36. The van der Waals surface area contributed by atoms with Gasteiger partial charge in [-0.2, -0.15) is 0 Å². The van der Waals surface area contributed by atoms with Crippen molar-refractivity contribution in [3.63, 3.8) is 0 Å². The molecule has 8 heteroatoms. The highest BCUT2D eigenvalue weighted by Gasteiger charge is 2.37. The number of benzene rings is 1. The Morgan fingerprint density at radius 1 is 1.50 bits per heavy atom. The van der Waals surface area contributed by atoms with Crippen LogP contribution in [0.15, 0.2) is 18.2 Å². The molecule has 0 atom stereocenters. The highest BCUT2D eigenvalue weighted by molar-refractivity contribution is 5.87. The van der Waals surface area contributed by atoms with Crippen molar-refractivity contribution in [2.45, 2.75) is 18.9 Å². The van der Waals surface area contributed by atoms with E-state index in [9.17, 15) is 24.4 Å². The number of non-ortho nitro benzene ring substituents is 1. The smallest absolute Gasteiger partial charge is 0.412 e. The van der Waals surface area contributed by atoms with E-state index in [1.54, 1.807) is 0 Å². The Kier molecular flexibility index (Phi) is 3.84. The molecule has 0 saturated heterocycles. The first-order valence-electron chi connectivity index (χ1n) is 6.01. The Bertz CT molecular complexity index is 545. The molecule has 1 aliphatic carbocycles. The third-order valence-corrected chi connectivity index (χ3v) is 3.44. The number of nitrogens with zero attached hydrogens (tertiary/aromatic N) is 2. The number of halogens is 1. The molecule has 1 aromatic rings. The molecule has 0 aliphatic heterocycles. The summed E-state index contributed by atoms with van der Waals surface area (Å²) in [7, 11) is 0. The van der Waals surface area contributed by atoms with Crippen LogP contribution in [0.1, 0.15) is 12.8 Å². The third kappa shape index (κ3) is 2.55. The Labute approximate surface area is 113 Å². The van der Waals surface area contributed by atoms with Gasteiger partial charge in [-0.15, -0.1) is 0 Å². The predicted octanol–water partition coefficient (Wildman–Crippen LogP) is 1.99. The van der Waals surface area contributed by atoms with Gasteiger partial charge in [-0.25, -0.2) is 9.18 Å². The minimum atomic E-state index is -1.32. The molecule has 2 N–H and O–H groups in total. The van der Waals surface area contributed by atoms with E-state index < -0.39 is 28.6 Å². The molecule has 1 saturated carbocycles. The maximum Gasteiger partial charge on any atom is 0.412 e. The third-order valence-electron chi connectivity index (χ3n) is 3.44. The summed E-state index contributed by atoms with van der Waals surface area (Å²) >= 11 is 0. The van der Waals surface area contributed by atoms with Crippen LogP contribution < -0.4 is 4.90 Å². The number of aliphatic hydroxyl groups is 1. The number of amides is 1. The summed E-state index contributed by atoms with van der Waals surface area (Å²) in [4.78, 5) is 21.9. The number of hydrogen-bond acceptors (Lipinski definition) is 4. The summed E-state index contributed by atoms with van der Waals surface area (Å²) in [5.41, 5.74) is -0.636. The molecule has 0 bridgehead atoms. The Hall–Kier alpha value is -2.22. The van der Waals surface area contributed by atoms with Gasteiger partial charge in [-0.05, 0) is 24.8 Å². The van der Waals surface area contributed by atoms with Crippen LogP contribution in [-0.4, -0.2) is 33.9 Å². The first kappa shape index (κ1) is 14.2. The first-order valence-corrected chi connectivity index (χ1v) is 6.01. The van der Waals surface area contributed by atoms with Crippen LogP contribution in [0, 0.1) is 21.8 Å². The zero-order valence-electron chi connectivity index (χ0n) is 10.4. The van der Waals surface area contributed by atoms with Crippen molar-refractivity contribution in [2.75, 3.05) is 11.5 Å². The molecule has 0 spiro atoms. The summed E-state index contributed by atoms with van der Waals surface area (Å²) in [6.07, 6.45) is -0.433. The van der Waals surface area contributed by atoms with E-state index in [0.717, 1.165) is 17.0 Å². The molecular weight excluding hydrogens is 271 g/mol. The molecule has 0 aromatic heterocycles. The molecule has 1 fully saturated rings. The molecule has 0 radical (unpaired) electrons. The minimum Gasteiger partial charge on any atom is -0.465 e. The van der Waals surface area contributed by atoms with Gasteiger partial charge in [0, 0.05) is 18.7 Å². The molecule has 7 nitrogen and oxygen atoms in total. The van der Waals surface area contributed by atoms with Crippen molar-refractivity contribution in [1.82, 2.24) is 0 Å². The van der Waals surface area contributed by atoms with E-state index in [-0.39, 0.29) is 18.2 Å². The molecule has 1 amide bonds. The average molecular weight is 284 g/mol. The fourth-order valence-corrected chi connectivity index (χ4v) is 2.32. The van der Waals surface area contributed by atoms with E-state index in [2.05, 4.69) is 0 Å². The van der Waals surface area contributed by atoms with E-state index in [4.69, 9.17) is 5.11 Å². The van der Waals surface area contributed by atoms with Gasteiger partial charge in [0.15, 0.2) is 5.82 Å². The number of aliphatic hydroxyl groups excluding tert-OH is 1. The van der Waals surface area contributed by atoms with Crippen molar-refractivity contribution in [2.24, 2.45) is 5.92 Å². The van der Waals surface area contributed by atoms with Crippen molar-refractivity contribution >= 4 is 17.5 Å². The second kappa shape index (κ2) is 5.41. The monoisotopic (exact) mass is 284 g/mol. The predicted molar refractivity (Wildman–Crippen MR) is 67.2 cm³/mol. The Balaban J connectivity index is 2.27. The van der Waals surface area contributed by atoms with Crippen molar-refractivity contribution in [3.8, 4) is 0 Å². The SMILES string of the molecule is O=C(O)N(c1ccc([N+](=O)[O-])cc1F)C1CC(CO)C1. The van der Waals surface area contributed by atoms with Gasteiger partial charge in [-0.1, -0.05) is 0 Å². The van der Waals surface area contributed by atoms with Crippen LogP contribution >= 0.6 is 0 Å². The van der Waals surface area contributed by atoms with Crippen molar-refractivity contribution in [1.29, 1.82) is 0 Å². The molecule has 20 heavy (non-hydrogen) atoms. The molecular formula is C12H13FN2O5. The molecule has 1 aromatic carbocycles. The summed E-state index contributed by atoms with van der Waals surface area (Å²) in [5, 5.41) is 28.7. The van der Waals surface area contributed by atoms with Crippen molar-refractivity contribution in [3.05, 3.63) is 34.1 Å². The van der Waals surface area contributed by atoms with Gasteiger partial charge < -0.3 is 10.2 Å². The topological polar surface area (TPSA) is 104 Å². The molecule has 2 rings (SSSR count). The molecule has 1 aliphatic rings. The maximum absolute atomic E-state index is 13.9. The lowest BCUT2D eigenvalue weighted by atomic mass is 9.80. The summed E-state index contributed by atoms with van der Waals surface area (Å²) in [5.74, 6) is -0.933. The van der Waals surface area contributed by atoms with Crippen molar-refractivity contribution < 1.29 is 24.3 Å². The number of nitro groups is 1. The number of nitro benzene ring substituents is 1. The molecule has 108 valence electrons. The van der Waals surface area contributed by atoms with Gasteiger partial charge in [-0.3, -0.25) is 15.0 Å². The van der Waals surface area contributed by atoms with Crippen LogP contribution in [0.25, 0.3) is 0 Å². The Morgan fingerprint density at radius 3 is 2.60 bits per heavy atom. The number of hydrogen-bond donors (Lipinski definition) is 2. The lowest BCUT2D eigenvalue weighted by Gasteiger charge is -2.40. The second-order valence-corrected chi connectivity index (χ2v) is 4.72. The van der Waals surface area contributed by atoms with Gasteiger partial charge in [0.2, 0.25) is 0 Å². The van der Waals surface area contributed by atoms with E-state index in [0.29, 0.717) is 18.9 Å². The van der Waals surface area contributed by atoms with Crippen LogP contribution in [0.2, 0.25) is 0 Å². The zero-order valence-corrected chi connectivity index (χ0v) is 10.4. The lowest BCUT2D eigenvalue weighted by molar-refractivity contribution is -0.385. The number of anilines is 1. The van der Waals surface area contributed by atoms with Crippen LogP contribution in [0.5, 0.6) is 0 Å². The van der Waals surface area contributed by atoms with Gasteiger partial charge in [0.1, 0.15) is 0 Å². The van der Waals surface area contributed by atoms with E-state index in [1.807, 2.05) is 0 Å². The lowest BCUT2D eigenvalue weighted by Crippen LogP contribution is -2.48. The van der Waals surface area contributed by atoms with E-state index >= 15 is 0 Å². The van der Waals surface area contributed by atoms with Gasteiger partial charge >= 0.3 is 6.09 Å². The zero-order chi connectivity index (χ0) is 14.9. The van der Waals surface area contributed by atoms with Crippen LogP contribution in [0.3, 0.4) is 0 Å². The number of rotatable bonds is 4. The standard InChI is InChI=1S/C12H13FN2O5/c13-10-5-8(15(19)20)1-2-11(10)14(12(17)18)9-3-7(4-9)6-16/h1-2,5,7,9,16H,3-4,6H2,(H,17,18). The average Bonchev–Trinajstić information content (AvgIpc) is 2.33. The summed E-state index contributed by atoms with van der Waals surface area (Å²) in [6.45, 7) is -0.0350. The van der Waals surface area contributed by atoms with Crippen LogP contribution in [0.4, 0.5) is 20.6 Å². The summed E-state index contributed by atoms with van der Waals surface area (Å²) < 4.78 is 13.9. The fourth-order valence-electron chi connectivity index (χ4n) is 2.32. The number of carbonyl (C=O) groups is 1.